The largest absolute Gasteiger partial charge is 0.378 e. The Morgan fingerprint density at radius 2 is 1.46 bits per heavy atom. The highest BCUT2D eigenvalue weighted by Crippen LogP contribution is 2.38. The lowest BCUT2D eigenvalue weighted by Gasteiger charge is -2.29. The van der Waals surface area contributed by atoms with Crippen LogP contribution in [0.5, 0.6) is 0 Å². The van der Waals surface area contributed by atoms with Crippen LogP contribution in [-0.4, -0.2) is 112 Å². The summed E-state index contributed by atoms with van der Waals surface area (Å²) in [6.07, 6.45) is 0.458. The number of nitrogens with zero attached hydrogens (tertiary/aromatic N) is 1. The SMILES string of the molecule is CCNC(=O)C#Cc1ccc2c(c1)NC(=O)/C2=C(\Nc1ccc(CNCCOCCOCCOCCOCC(=O)Nc2ccc3c(c2)CN(C2CCC(=O)NC2=O)C3=O)cc1)c1ccccc1. The first-order valence-corrected chi connectivity index (χ1v) is 22.2. The van der Waals surface area contributed by atoms with Gasteiger partial charge >= 0.3 is 0 Å². The second-order valence-electron chi connectivity index (χ2n) is 15.6. The Morgan fingerprint density at radius 3 is 2.19 bits per heavy atom. The fraction of sp³-hybridized carbons (Fsp3) is 0.320. The van der Waals surface area contributed by atoms with Gasteiger partial charge in [-0.25, -0.2) is 0 Å². The standard InChI is InChI=1S/C50H53N7O10/c1-2-52-43(58)18-11-33-10-15-40-41(28-33)55-49(62)46(40)47(35-6-4-3-5-7-35)54-37-12-8-34(9-13-37)30-51-20-21-64-22-23-65-24-25-66-26-27-67-32-45(60)53-38-14-16-39-36(29-38)31-57(50(39)63)42-17-19-44(59)56-48(42)61/h3-10,12-16,28-29,42,51,54H,2,17,19-27,30-32H2,1H3,(H,52,58)(H,53,60)(H,55,62)(H,56,59,61)/b47-46-. The molecule has 1 fully saturated rings. The van der Waals surface area contributed by atoms with Crippen LogP contribution in [0, 0.1) is 11.8 Å². The van der Waals surface area contributed by atoms with E-state index in [-0.39, 0.29) is 68.7 Å². The van der Waals surface area contributed by atoms with Crippen LogP contribution in [-0.2, 0) is 56.0 Å². The number of imide groups is 1. The fourth-order valence-electron chi connectivity index (χ4n) is 7.62. The number of rotatable bonds is 22. The molecular formula is C50H53N7O10. The summed E-state index contributed by atoms with van der Waals surface area (Å²) in [5.74, 6) is 3.39. The first-order valence-electron chi connectivity index (χ1n) is 22.2. The van der Waals surface area contributed by atoms with Crippen molar-refractivity contribution in [2.75, 3.05) is 81.9 Å². The number of amides is 6. The lowest BCUT2D eigenvalue weighted by atomic mass is 9.99. The van der Waals surface area contributed by atoms with Crippen molar-refractivity contribution in [1.29, 1.82) is 0 Å². The highest BCUT2D eigenvalue weighted by atomic mass is 16.6. The van der Waals surface area contributed by atoms with Gasteiger partial charge in [0.05, 0.1) is 63.2 Å². The molecular weight excluding hydrogens is 859 g/mol. The second-order valence-corrected chi connectivity index (χ2v) is 15.6. The van der Waals surface area contributed by atoms with Gasteiger partial charge in [-0.2, -0.15) is 0 Å². The Kier molecular flexibility index (Phi) is 17.0. The van der Waals surface area contributed by atoms with Gasteiger partial charge in [-0.05, 0) is 72.5 Å². The first-order chi connectivity index (χ1) is 32.7. The average molecular weight is 912 g/mol. The molecule has 0 bridgehead atoms. The Labute approximate surface area is 388 Å². The smallest absolute Gasteiger partial charge is 0.296 e. The van der Waals surface area contributed by atoms with Crippen LogP contribution in [0.2, 0.25) is 0 Å². The molecule has 1 saturated heterocycles. The number of ether oxygens (including phenoxy) is 4. The first kappa shape index (κ1) is 47.8. The van der Waals surface area contributed by atoms with E-state index in [1.807, 2.05) is 67.6 Å². The lowest BCUT2D eigenvalue weighted by molar-refractivity contribution is -0.137. The summed E-state index contributed by atoms with van der Waals surface area (Å²) < 4.78 is 22.2. The zero-order chi connectivity index (χ0) is 47.0. The van der Waals surface area contributed by atoms with E-state index in [1.54, 1.807) is 30.3 Å². The van der Waals surface area contributed by atoms with Crippen molar-refractivity contribution in [3.05, 3.63) is 124 Å². The normalized spacial score (nSPS) is 15.8. The Bertz CT molecular complexity index is 2550. The minimum Gasteiger partial charge on any atom is -0.378 e. The number of carbonyl (C=O) groups is 6. The van der Waals surface area contributed by atoms with Gasteiger partial charge in [-0.3, -0.25) is 34.1 Å². The van der Waals surface area contributed by atoms with E-state index >= 15 is 0 Å². The number of nitrogens with one attached hydrogen (secondary N) is 6. The zero-order valence-electron chi connectivity index (χ0n) is 37.2. The van der Waals surface area contributed by atoms with Gasteiger partial charge in [0.2, 0.25) is 17.7 Å². The van der Waals surface area contributed by atoms with E-state index in [2.05, 4.69) is 43.7 Å². The van der Waals surface area contributed by atoms with Crippen molar-refractivity contribution >= 4 is 63.8 Å². The molecule has 17 nitrogen and oxygen atoms in total. The molecule has 348 valence electrons. The van der Waals surface area contributed by atoms with Crippen LogP contribution in [0.1, 0.15) is 57.9 Å². The van der Waals surface area contributed by atoms with E-state index in [9.17, 15) is 28.8 Å². The van der Waals surface area contributed by atoms with Gasteiger partial charge in [0.15, 0.2) is 0 Å². The highest BCUT2D eigenvalue weighted by molar-refractivity contribution is 6.37. The molecule has 3 heterocycles. The van der Waals surface area contributed by atoms with Crippen molar-refractivity contribution in [2.24, 2.45) is 0 Å². The number of anilines is 3. The summed E-state index contributed by atoms with van der Waals surface area (Å²) in [6.45, 7) is 6.29. The number of carbonyl (C=O) groups excluding carboxylic acids is 6. The van der Waals surface area contributed by atoms with Gasteiger partial charge in [-0.1, -0.05) is 54.5 Å². The molecule has 6 N–H and O–H groups in total. The van der Waals surface area contributed by atoms with Gasteiger partial charge in [-0.15, -0.1) is 0 Å². The van der Waals surface area contributed by atoms with Crippen LogP contribution in [0.15, 0.2) is 91.0 Å². The van der Waals surface area contributed by atoms with E-state index < -0.39 is 11.9 Å². The number of fused-ring (bicyclic) bond motifs is 2. The van der Waals surface area contributed by atoms with Crippen molar-refractivity contribution in [3.8, 4) is 11.8 Å². The monoisotopic (exact) mass is 911 g/mol. The summed E-state index contributed by atoms with van der Waals surface area (Å²) in [6, 6.07) is 27.4. The summed E-state index contributed by atoms with van der Waals surface area (Å²) >= 11 is 0. The maximum atomic E-state index is 13.4. The van der Waals surface area contributed by atoms with Crippen molar-refractivity contribution < 1.29 is 47.7 Å². The van der Waals surface area contributed by atoms with Gasteiger partial charge in [0.1, 0.15) is 12.6 Å². The molecule has 4 aromatic rings. The molecule has 17 heteroatoms. The van der Waals surface area contributed by atoms with E-state index in [0.29, 0.717) is 92.0 Å². The molecule has 0 aliphatic carbocycles. The third-order valence-corrected chi connectivity index (χ3v) is 10.9. The van der Waals surface area contributed by atoms with E-state index in [1.165, 1.54) is 4.90 Å². The van der Waals surface area contributed by atoms with Gasteiger partial charge in [0, 0.05) is 66.6 Å². The lowest BCUT2D eigenvalue weighted by Crippen LogP contribution is -2.52. The molecule has 3 aliphatic heterocycles. The third-order valence-electron chi connectivity index (χ3n) is 10.9. The Balaban J connectivity index is 0.730. The molecule has 0 spiro atoms. The highest BCUT2D eigenvalue weighted by Gasteiger charge is 2.39. The van der Waals surface area contributed by atoms with Crippen LogP contribution in [0.3, 0.4) is 0 Å². The zero-order valence-corrected chi connectivity index (χ0v) is 37.2. The topological polar surface area (TPSA) is 215 Å². The summed E-state index contributed by atoms with van der Waals surface area (Å²) in [7, 11) is 0. The van der Waals surface area contributed by atoms with Crippen LogP contribution >= 0.6 is 0 Å². The minimum absolute atomic E-state index is 0.176. The molecule has 1 atom stereocenters. The molecule has 3 aliphatic rings. The summed E-state index contributed by atoms with van der Waals surface area (Å²) in [5.41, 5.74) is 7.59. The average Bonchev–Trinajstić information content (AvgIpc) is 3.83. The fourth-order valence-corrected chi connectivity index (χ4v) is 7.62. The summed E-state index contributed by atoms with van der Waals surface area (Å²) in [5, 5.41) is 17.5. The number of piperidine rings is 1. The van der Waals surface area contributed by atoms with E-state index in [0.717, 1.165) is 22.4 Å². The number of hydrogen-bond acceptors (Lipinski definition) is 12. The van der Waals surface area contributed by atoms with Crippen molar-refractivity contribution in [2.45, 2.75) is 38.9 Å². The quantitative estimate of drug-likeness (QED) is 0.0289. The maximum absolute atomic E-state index is 13.4. The van der Waals surface area contributed by atoms with Crippen LogP contribution in [0.25, 0.3) is 11.3 Å². The third kappa shape index (κ3) is 13.2. The predicted molar refractivity (Wildman–Crippen MR) is 250 cm³/mol. The van der Waals surface area contributed by atoms with Crippen molar-refractivity contribution in [3.63, 3.8) is 0 Å². The molecule has 0 saturated carbocycles. The van der Waals surface area contributed by atoms with Crippen LogP contribution in [0.4, 0.5) is 17.1 Å². The van der Waals surface area contributed by atoms with Gasteiger partial charge in [0.25, 0.3) is 17.7 Å². The molecule has 4 aromatic carbocycles. The Morgan fingerprint density at radius 1 is 0.761 bits per heavy atom. The molecule has 1 unspecified atom stereocenters. The molecule has 7 rings (SSSR count). The molecule has 0 aromatic heterocycles. The van der Waals surface area contributed by atoms with Gasteiger partial charge < -0.3 is 50.4 Å². The van der Waals surface area contributed by atoms with Crippen molar-refractivity contribution in [1.82, 2.24) is 20.9 Å². The second kappa shape index (κ2) is 23.8. The minimum atomic E-state index is -0.703. The summed E-state index contributed by atoms with van der Waals surface area (Å²) in [4.78, 5) is 75.8. The van der Waals surface area contributed by atoms with Crippen LogP contribution < -0.4 is 31.9 Å². The molecule has 0 radical (unpaired) electrons. The maximum Gasteiger partial charge on any atom is 0.296 e. The molecule has 6 amide bonds. The number of hydrogen-bond donors (Lipinski definition) is 6. The predicted octanol–water partition coefficient (Wildman–Crippen LogP) is 3.66. The van der Waals surface area contributed by atoms with E-state index in [4.69, 9.17) is 18.9 Å². The molecule has 67 heavy (non-hydrogen) atoms. The Hall–Kier alpha value is -7.20. The number of benzene rings is 4.